The summed E-state index contributed by atoms with van der Waals surface area (Å²) in [6.07, 6.45) is 5.84. The fourth-order valence-corrected chi connectivity index (χ4v) is 6.29. The number of nitrogens with zero attached hydrogens (tertiary/aromatic N) is 4. The molecule has 0 spiro atoms. The summed E-state index contributed by atoms with van der Waals surface area (Å²) in [7, 11) is 1.71. The number of anilines is 2. The maximum absolute atomic E-state index is 14.1. The summed E-state index contributed by atoms with van der Waals surface area (Å²) < 4.78 is 43.0. The molecule has 2 aliphatic rings. The number of nitrogens with one attached hydrogen (secondary N) is 1. The zero-order chi connectivity index (χ0) is 29.0. The van der Waals surface area contributed by atoms with Gasteiger partial charge in [0, 0.05) is 24.8 Å². The van der Waals surface area contributed by atoms with Crippen LogP contribution in [-0.4, -0.2) is 51.7 Å². The number of amides is 2. The molecule has 1 aliphatic heterocycles. The molecular weight excluding hydrogens is 531 g/mol. The number of likely N-dealkylation sites (tertiary alicyclic amines) is 1. The van der Waals surface area contributed by atoms with Gasteiger partial charge in [-0.3, -0.25) is 19.2 Å². The Morgan fingerprint density at radius 1 is 0.951 bits per heavy atom. The van der Waals surface area contributed by atoms with Crippen molar-refractivity contribution in [3.63, 3.8) is 0 Å². The number of para-hydroxylation sites is 1. The van der Waals surface area contributed by atoms with Crippen molar-refractivity contribution in [1.29, 1.82) is 0 Å². The number of carbonyl (C=O) groups excluding carboxylic acids is 2. The fourth-order valence-electron chi connectivity index (χ4n) is 6.29. The normalized spacial score (nSPS) is 18.1. The average Bonchev–Trinajstić information content (AvgIpc) is 3.41. The quantitative estimate of drug-likeness (QED) is 0.373. The molecule has 0 bridgehead atoms. The van der Waals surface area contributed by atoms with Gasteiger partial charge in [-0.05, 0) is 69.0 Å². The maximum atomic E-state index is 14.1. The summed E-state index contributed by atoms with van der Waals surface area (Å²) in [4.78, 5) is 32.1. The van der Waals surface area contributed by atoms with Crippen molar-refractivity contribution >= 4 is 23.2 Å². The number of rotatable bonds is 7. The van der Waals surface area contributed by atoms with Gasteiger partial charge >= 0.3 is 6.18 Å². The van der Waals surface area contributed by atoms with Crippen LogP contribution in [0.5, 0.6) is 0 Å². The van der Waals surface area contributed by atoms with E-state index in [1.54, 1.807) is 48.3 Å². The molecule has 10 heteroatoms. The van der Waals surface area contributed by atoms with Crippen LogP contribution in [0.15, 0.2) is 67.0 Å². The standard InChI is InChI=1S/C31H36F3N5O2/c1-37-21-25(20-35-37)39(30(41)23-10-4-2-5-11-23)28(22-16-18-38(19-17-22)24-12-6-3-7-13-24)29(40)36-27-15-9-8-14-26(27)31(32,33)34/h2,4-5,8-11,14-15,20-22,24,28H,3,6-7,12-13,16-19H2,1H3,(H,36,40). The van der Waals surface area contributed by atoms with Gasteiger partial charge in [0.05, 0.1) is 23.1 Å². The van der Waals surface area contributed by atoms with Gasteiger partial charge in [-0.2, -0.15) is 18.3 Å². The number of piperidine rings is 1. The fraction of sp³-hybridized carbons (Fsp3) is 0.452. The number of hydrogen-bond donors (Lipinski definition) is 1. The van der Waals surface area contributed by atoms with E-state index < -0.39 is 29.6 Å². The number of alkyl halides is 3. The highest BCUT2D eigenvalue weighted by Gasteiger charge is 2.42. The molecule has 218 valence electrons. The van der Waals surface area contributed by atoms with Gasteiger partial charge in [0.2, 0.25) is 5.91 Å². The molecule has 1 unspecified atom stereocenters. The molecule has 1 atom stereocenters. The minimum absolute atomic E-state index is 0.263. The first-order valence-corrected chi connectivity index (χ1v) is 14.3. The molecule has 3 aromatic rings. The zero-order valence-electron chi connectivity index (χ0n) is 23.2. The minimum Gasteiger partial charge on any atom is -0.324 e. The summed E-state index contributed by atoms with van der Waals surface area (Å²) in [6.45, 7) is 1.55. The molecule has 2 fully saturated rings. The summed E-state index contributed by atoms with van der Waals surface area (Å²) in [5, 5.41) is 6.80. The maximum Gasteiger partial charge on any atom is 0.418 e. The molecule has 1 saturated carbocycles. The number of carbonyl (C=O) groups is 2. The molecule has 1 aromatic heterocycles. The van der Waals surface area contributed by atoms with Crippen LogP contribution in [0.4, 0.5) is 24.5 Å². The Morgan fingerprint density at radius 2 is 1.61 bits per heavy atom. The van der Waals surface area contributed by atoms with E-state index in [4.69, 9.17) is 0 Å². The lowest BCUT2D eigenvalue weighted by Crippen LogP contribution is -2.55. The Bertz CT molecular complexity index is 1330. The SMILES string of the molecule is Cn1cc(N(C(=O)c2ccccc2)C(C(=O)Nc2ccccc2C(F)(F)F)C2CCN(C3CCCCC3)CC2)cn1. The third kappa shape index (κ3) is 6.64. The van der Waals surface area contributed by atoms with Gasteiger partial charge in [-0.1, -0.05) is 49.6 Å². The first-order valence-electron chi connectivity index (χ1n) is 14.3. The van der Waals surface area contributed by atoms with Gasteiger partial charge in [0.25, 0.3) is 5.91 Å². The molecule has 7 nitrogen and oxygen atoms in total. The second kappa shape index (κ2) is 12.5. The van der Waals surface area contributed by atoms with Crippen molar-refractivity contribution in [1.82, 2.24) is 14.7 Å². The van der Waals surface area contributed by atoms with Crippen LogP contribution in [-0.2, 0) is 18.0 Å². The van der Waals surface area contributed by atoms with E-state index in [-0.39, 0.29) is 11.6 Å². The van der Waals surface area contributed by atoms with Crippen LogP contribution >= 0.6 is 0 Å². The van der Waals surface area contributed by atoms with Crippen molar-refractivity contribution in [3.8, 4) is 0 Å². The summed E-state index contributed by atoms with van der Waals surface area (Å²) in [6, 6.07) is 13.0. The van der Waals surface area contributed by atoms with Gasteiger partial charge < -0.3 is 10.2 Å². The highest BCUT2D eigenvalue weighted by molar-refractivity contribution is 6.11. The molecule has 2 heterocycles. The molecule has 1 N–H and O–H groups in total. The second-order valence-corrected chi connectivity index (χ2v) is 11.1. The van der Waals surface area contributed by atoms with E-state index in [2.05, 4.69) is 15.3 Å². The smallest absolute Gasteiger partial charge is 0.324 e. The van der Waals surface area contributed by atoms with E-state index in [9.17, 15) is 22.8 Å². The average molecular weight is 568 g/mol. The highest BCUT2D eigenvalue weighted by atomic mass is 19.4. The first kappa shape index (κ1) is 28.9. The van der Waals surface area contributed by atoms with Crippen molar-refractivity contribution < 1.29 is 22.8 Å². The van der Waals surface area contributed by atoms with Gasteiger partial charge in [-0.15, -0.1) is 0 Å². The van der Waals surface area contributed by atoms with Crippen molar-refractivity contribution in [2.24, 2.45) is 13.0 Å². The van der Waals surface area contributed by atoms with E-state index in [0.717, 1.165) is 32.0 Å². The van der Waals surface area contributed by atoms with Crippen LogP contribution in [0.3, 0.4) is 0 Å². The molecule has 2 amide bonds. The lowest BCUT2D eigenvalue weighted by atomic mass is 9.85. The molecule has 0 radical (unpaired) electrons. The summed E-state index contributed by atoms with van der Waals surface area (Å²) >= 11 is 0. The summed E-state index contributed by atoms with van der Waals surface area (Å²) in [5.74, 6) is -1.32. The molecule has 41 heavy (non-hydrogen) atoms. The van der Waals surface area contributed by atoms with E-state index in [1.165, 1.54) is 48.6 Å². The Morgan fingerprint density at radius 3 is 2.24 bits per heavy atom. The topological polar surface area (TPSA) is 70.5 Å². The van der Waals surface area contributed by atoms with Gasteiger partial charge in [0.15, 0.2) is 0 Å². The van der Waals surface area contributed by atoms with E-state index >= 15 is 0 Å². The van der Waals surface area contributed by atoms with Gasteiger partial charge in [0.1, 0.15) is 6.04 Å². The highest BCUT2D eigenvalue weighted by Crippen LogP contribution is 2.36. The van der Waals surface area contributed by atoms with Crippen molar-refractivity contribution in [2.45, 2.75) is 63.2 Å². The molecule has 1 saturated heterocycles. The van der Waals surface area contributed by atoms with E-state index in [1.807, 2.05) is 0 Å². The van der Waals surface area contributed by atoms with Crippen molar-refractivity contribution in [2.75, 3.05) is 23.3 Å². The summed E-state index contributed by atoms with van der Waals surface area (Å²) in [5.41, 5.74) is -0.459. The zero-order valence-corrected chi connectivity index (χ0v) is 23.2. The van der Waals surface area contributed by atoms with Crippen LogP contribution in [0.1, 0.15) is 60.9 Å². The Kier molecular flexibility index (Phi) is 8.77. The number of aromatic nitrogens is 2. The molecule has 2 aromatic carbocycles. The Labute approximate surface area is 238 Å². The lowest BCUT2D eigenvalue weighted by Gasteiger charge is -2.43. The molecule has 5 rings (SSSR count). The second-order valence-electron chi connectivity index (χ2n) is 11.1. The monoisotopic (exact) mass is 567 g/mol. The first-order chi connectivity index (χ1) is 19.7. The molecular formula is C31H36F3N5O2. The number of hydrogen-bond acceptors (Lipinski definition) is 4. The number of benzene rings is 2. The number of halogens is 3. The van der Waals surface area contributed by atoms with Crippen LogP contribution in [0, 0.1) is 5.92 Å². The largest absolute Gasteiger partial charge is 0.418 e. The number of aryl methyl sites for hydroxylation is 1. The van der Waals surface area contributed by atoms with Crippen molar-refractivity contribution in [3.05, 3.63) is 78.1 Å². The van der Waals surface area contributed by atoms with Crippen LogP contribution in [0.2, 0.25) is 0 Å². The van der Waals surface area contributed by atoms with Crippen LogP contribution in [0.25, 0.3) is 0 Å². The third-order valence-corrected chi connectivity index (χ3v) is 8.36. The lowest BCUT2D eigenvalue weighted by molar-refractivity contribution is -0.137. The molecule has 1 aliphatic carbocycles. The van der Waals surface area contributed by atoms with Gasteiger partial charge in [-0.25, -0.2) is 0 Å². The Balaban J connectivity index is 1.50. The minimum atomic E-state index is -4.65. The third-order valence-electron chi connectivity index (χ3n) is 8.36. The predicted octanol–water partition coefficient (Wildman–Crippen LogP) is 6.14. The predicted molar refractivity (Wildman–Crippen MR) is 151 cm³/mol. The Hall–Kier alpha value is -3.66. The van der Waals surface area contributed by atoms with E-state index in [0.29, 0.717) is 30.1 Å². The van der Waals surface area contributed by atoms with Crippen LogP contribution < -0.4 is 10.2 Å².